The quantitative estimate of drug-likeness (QED) is 0.524. The molecule has 1 radical (unpaired) electrons. The Hall–Kier alpha value is -0.0400. The Labute approximate surface area is 52.7 Å². The highest BCUT2D eigenvalue weighted by atomic mass is 15.1. The molecule has 0 rings (SSSR count). The van der Waals surface area contributed by atoms with Gasteiger partial charge in [-0.1, -0.05) is 13.8 Å². The fourth-order valence-corrected chi connectivity index (χ4v) is 0.596. The van der Waals surface area contributed by atoms with E-state index in [2.05, 4.69) is 39.8 Å². The van der Waals surface area contributed by atoms with Crippen LogP contribution in [0, 0.1) is 12.8 Å². The molecule has 0 bridgehead atoms. The Morgan fingerprint density at radius 1 is 1.25 bits per heavy atom. The largest absolute Gasteiger partial charge is 0.306 e. The first-order chi connectivity index (χ1) is 3.55. The molecule has 0 saturated heterocycles. The predicted octanol–water partition coefficient (Wildman–Crippen LogP) is 1.41. The molecule has 1 heteroatoms. The molecule has 0 aromatic rings. The molecule has 0 aliphatic heterocycles. The molecule has 49 valence electrons. The van der Waals surface area contributed by atoms with Gasteiger partial charge in [0.05, 0.1) is 0 Å². The molecule has 0 saturated carbocycles. The van der Waals surface area contributed by atoms with E-state index < -0.39 is 0 Å². The van der Waals surface area contributed by atoms with E-state index in [0.29, 0.717) is 12.0 Å². The first-order valence-electron chi connectivity index (χ1n) is 3.05. The molecule has 0 spiro atoms. The summed E-state index contributed by atoms with van der Waals surface area (Å²) in [5.74, 6) is 0.657. The van der Waals surface area contributed by atoms with Crippen molar-refractivity contribution >= 4 is 0 Å². The van der Waals surface area contributed by atoms with E-state index in [1.165, 1.54) is 0 Å². The molecule has 0 fully saturated rings. The highest BCUT2D eigenvalue weighted by molar-refractivity contribution is 4.70. The Kier molecular flexibility index (Phi) is 3.06. The van der Waals surface area contributed by atoms with Gasteiger partial charge >= 0.3 is 0 Å². The van der Waals surface area contributed by atoms with E-state index in [-0.39, 0.29) is 0 Å². The third-order valence-electron chi connectivity index (χ3n) is 1.43. The minimum Gasteiger partial charge on any atom is -0.306 e. The van der Waals surface area contributed by atoms with Gasteiger partial charge in [0.1, 0.15) is 0 Å². The van der Waals surface area contributed by atoms with Crippen LogP contribution in [0.3, 0.4) is 0 Å². The monoisotopic (exact) mass is 114 g/mol. The van der Waals surface area contributed by atoms with E-state index in [1.807, 2.05) is 0 Å². The van der Waals surface area contributed by atoms with Crippen LogP contribution in [-0.2, 0) is 0 Å². The second-order valence-electron chi connectivity index (χ2n) is 2.77. The maximum Gasteiger partial charge on any atom is 0.0113 e. The normalized spacial score (nSPS) is 15.4. The average Bonchev–Trinajstić information content (AvgIpc) is 1.64. The number of rotatable bonds is 2. The maximum absolute atomic E-state index is 3.96. The van der Waals surface area contributed by atoms with Crippen LogP contribution in [0.15, 0.2) is 0 Å². The summed E-state index contributed by atoms with van der Waals surface area (Å²) in [6, 6.07) is 0.454. The summed E-state index contributed by atoms with van der Waals surface area (Å²) in [6.45, 7) is 8.32. The van der Waals surface area contributed by atoms with Crippen molar-refractivity contribution in [2.24, 2.45) is 5.92 Å². The third-order valence-corrected chi connectivity index (χ3v) is 1.43. The van der Waals surface area contributed by atoms with Gasteiger partial charge in [0.15, 0.2) is 0 Å². The molecule has 0 aliphatic rings. The summed E-state index contributed by atoms with van der Waals surface area (Å²) >= 11 is 0. The molecule has 8 heavy (non-hydrogen) atoms. The van der Waals surface area contributed by atoms with Gasteiger partial charge in [-0.3, -0.25) is 0 Å². The van der Waals surface area contributed by atoms with Crippen LogP contribution in [0.1, 0.15) is 13.8 Å². The lowest BCUT2D eigenvalue weighted by atomic mass is 10.1. The predicted molar refractivity (Wildman–Crippen MR) is 37.7 cm³/mol. The average molecular weight is 114 g/mol. The summed E-state index contributed by atoms with van der Waals surface area (Å²) < 4.78 is 0. The van der Waals surface area contributed by atoms with E-state index in [0.717, 1.165) is 0 Å². The number of nitrogens with zero attached hydrogens (tertiary/aromatic N) is 1. The van der Waals surface area contributed by atoms with Crippen molar-refractivity contribution in [3.8, 4) is 0 Å². The number of hydrogen-bond donors (Lipinski definition) is 0. The molecule has 0 heterocycles. The van der Waals surface area contributed by atoms with Crippen molar-refractivity contribution < 1.29 is 0 Å². The smallest absolute Gasteiger partial charge is 0.0113 e. The molecule has 0 amide bonds. The molecule has 0 aromatic carbocycles. The molecule has 1 nitrogen and oxygen atoms in total. The van der Waals surface area contributed by atoms with Crippen LogP contribution in [0.25, 0.3) is 0 Å². The molecule has 0 N–H and O–H groups in total. The van der Waals surface area contributed by atoms with Crippen molar-refractivity contribution in [2.45, 2.75) is 19.9 Å². The van der Waals surface area contributed by atoms with E-state index in [4.69, 9.17) is 0 Å². The zero-order chi connectivity index (χ0) is 6.73. The van der Waals surface area contributed by atoms with Gasteiger partial charge in [-0.2, -0.15) is 0 Å². The van der Waals surface area contributed by atoms with Gasteiger partial charge < -0.3 is 4.90 Å². The van der Waals surface area contributed by atoms with E-state index in [9.17, 15) is 0 Å². The summed E-state index contributed by atoms with van der Waals surface area (Å²) in [7, 11) is 4.11. The van der Waals surface area contributed by atoms with E-state index in [1.54, 1.807) is 0 Å². The van der Waals surface area contributed by atoms with E-state index >= 15 is 0 Å². The second-order valence-corrected chi connectivity index (χ2v) is 2.77. The zero-order valence-electron chi connectivity index (χ0n) is 6.31. The highest BCUT2D eigenvalue weighted by Gasteiger charge is 2.07. The lowest BCUT2D eigenvalue weighted by molar-refractivity contribution is 0.277. The van der Waals surface area contributed by atoms with Gasteiger partial charge in [0.2, 0.25) is 0 Å². The van der Waals surface area contributed by atoms with Gasteiger partial charge in [-0.15, -0.1) is 0 Å². The van der Waals surface area contributed by atoms with Crippen molar-refractivity contribution in [3.63, 3.8) is 0 Å². The lowest BCUT2D eigenvalue weighted by Crippen LogP contribution is -2.29. The van der Waals surface area contributed by atoms with Gasteiger partial charge in [0.25, 0.3) is 0 Å². The van der Waals surface area contributed by atoms with Crippen LogP contribution in [-0.4, -0.2) is 25.0 Å². The van der Waals surface area contributed by atoms with Crippen molar-refractivity contribution in [2.75, 3.05) is 14.1 Å². The Bertz CT molecular complexity index is 49.4. The van der Waals surface area contributed by atoms with Crippen LogP contribution in [0.5, 0.6) is 0 Å². The Morgan fingerprint density at radius 2 is 1.62 bits per heavy atom. The molecule has 0 aliphatic carbocycles. The molecular formula is C7H16N. The van der Waals surface area contributed by atoms with Crippen molar-refractivity contribution in [1.29, 1.82) is 0 Å². The van der Waals surface area contributed by atoms with Crippen LogP contribution < -0.4 is 0 Å². The minimum absolute atomic E-state index is 0.454. The second kappa shape index (κ2) is 3.08. The van der Waals surface area contributed by atoms with Crippen molar-refractivity contribution in [1.82, 2.24) is 4.90 Å². The highest BCUT2D eigenvalue weighted by Crippen LogP contribution is 2.03. The standard InChI is InChI=1S/C7H16N/c1-6(2)7(3)8(4)5/h6-7H,3H2,1-2,4-5H3. The molecule has 1 atom stereocenters. The topological polar surface area (TPSA) is 3.24 Å². The van der Waals surface area contributed by atoms with Gasteiger partial charge in [-0.05, 0) is 26.9 Å². The maximum atomic E-state index is 3.96. The van der Waals surface area contributed by atoms with Crippen LogP contribution in [0.2, 0.25) is 0 Å². The molecule has 1 unspecified atom stereocenters. The van der Waals surface area contributed by atoms with Gasteiger partial charge in [0, 0.05) is 6.04 Å². The van der Waals surface area contributed by atoms with Gasteiger partial charge in [-0.25, -0.2) is 0 Å². The number of hydrogen-bond acceptors (Lipinski definition) is 1. The lowest BCUT2D eigenvalue weighted by Gasteiger charge is -2.22. The Morgan fingerprint density at radius 3 is 1.62 bits per heavy atom. The summed E-state index contributed by atoms with van der Waals surface area (Å²) in [5, 5.41) is 0. The molecular weight excluding hydrogens is 98.1 g/mol. The summed E-state index contributed by atoms with van der Waals surface area (Å²) in [5.41, 5.74) is 0. The fraction of sp³-hybridized carbons (Fsp3) is 0.857. The van der Waals surface area contributed by atoms with Crippen molar-refractivity contribution in [3.05, 3.63) is 6.92 Å². The fourth-order valence-electron chi connectivity index (χ4n) is 0.596. The summed E-state index contributed by atoms with van der Waals surface area (Å²) in [6.07, 6.45) is 0. The zero-order valence-corrected chi connectivity index (χ0v) is 6.31. The first kappa shape index (κ1) is 7.96. The summed E-state index contributed by atoms with van der Waals surface area (Å²) in [4.78, 5) is 2.13. The third kappa shape index (κ3) is 2.31. The Balaban J connectivity index is 3.46. The first-order valence-corrected chi connectivity index (χ1v) is 3.05. The van der Waals surface area contributed by atoms with Crippen LogP contribution >= 0.6 is 0 Å². The molecule has 0 aromatic heterocycles. The minimum atomic E-state index is 0.454. The SMILES string of the molecule is [CH2]C(C(C)C)N(C)C. The van der Waals surface area contributed by atoms with Crippen LogP contribution in [0.4, 0.5) is 0 Å².